The number of nitrogens with one attached hydrogen (secondary N) is 1. The molecule has 0 saturated heterocycles. The number of nitrogens with two attached hydrogens (primary N) is 1. The van der Waals surface area contributed by atoms with E-state index < -0.39 is 0 Å². The number of amidine groups is 1. The molecule has 0 unspecified atom stereocenters. The van der Waals surface area contributed by atoms with Crippen molar-refractivity contribution in [2.45, 2.75) is 89.9 Å². The van der Waals surface area contributed by atoms with Gasteiger partial charge in [-0.1, -0.05) is 100 Å². The van der Waals surface area contributed by atoms with Crippen LogP contribution in [-0.4, -0.2) is 5.84 Å². The van der Waals surface area contributed by atoms with Gasteiger partial charge in [0.25, 0.3) is 0 Å². The van der Waals surface area contributed by atoms with Crippen LogP contribution >= 0.6 is 12.4 Å². The maximum absolute atomic E-state index is 9.92. The zero-order chi connectivity index (χ0) is 22.8. The lowest BCUT2D eigenvalue weighted by Crippen LogP contribution is -2.25. The van der Waals surface area contributed by atoms with Crippen LogP contribution in [0, 0.1) is 22.2 Å². The van der Waals surface area contributed by atoms with E-state index in [9.17, 15) is 5.26 Å². The van der Waals surface area contributed by atoms with Crippen LogP contribution in [0.3, 0.4) is 0 Å². The van der Waals surface area contributed by atoms with E-state index in [4.69, 9.17) is 11.1 Å². The molecule has 0 heterocycles. The molecule has 0 amide bonds. The van der Waals surface area contributed by atoms with Crippen molar-refractivity contribution < 1.29 is 0 Å². The summed E-state index contributed by atoms with van der Waals surface area (Å²) >= 11 is 0. The number of hydrogen-bond acceptors (Lipinski definition) is 2. The summed E-state index contributed by atoms with van der Waals surface area (Å²) < 4.78 is 0. The fraction of sp³-hybridized carbons (Fsp3) is 0.517. The van der Waals surface area contributed by atoms with Crippen LogP contribution < -0.4 is 5.73 Å². The van der Waals surface area contributed by atoms with E-state index in [0.717, 1.165) is 43.2 Å². The van der Waals surface area contributed by atoms with E-state index >= 15 is 0 Å². The molecule has 33 heavy (non-hydrogen) atoms. The fourth-order valence-electron chi connectivity index (χ4n) is 5.13. The van der Waals surface area contributed by atoms with Gasteiger partial charge in [0.2, 0.25) is 0 Å². The molecule has 1 aliphatic rings. The summed E-state index contributed by atoms with van der Waals surface area (Å²) in [5.41, 5.74) is 9.95. The van der Waals surface area contributed by atoms with Gasteiger partial charge in [-0.25, -0.2) is 0 Å². The van der Waals surface area contributed by atoms with Gasteiger partial charge in [-0.3, -0.25) is 5.41 Å². The first-order chi connectivity index (χ1) is 15.6. The molecule has 2 aromatic carbocycles. The van der Waals surface area contributed by atoms with Crippen LogP contribution in [0.15, 0.2) is 48.5 Å². The predicted molar refractivity (Wildman–Crippen MR) is 142 cm³/mol. The van der Waals surface area contributed by atoms with Crippen molar-refractivity contribution in [3.8, 4) is 17.2 Å². The van der Waals surface area contributed by atoms with E-state index in [0.29, 0.717) is 5.92 Å². The highest BCUT2D eigenvalue weighted by atomic mass is 35.5. The van der Waals surface area contributed by atoms with Gasteiger partial charge in [0, 0.05) is 5.56 Å². The number of nitrogens with zero attached hydrogens (tertiary/aromatic N) is 1. The third-order valence-electron chi connectivity index (χ3n) is 7.35. The van der Waals surface area contributed by atoms with E-state index in [1.165, 1.54) is 56.1 Å². The second-order valence-electron chi connectivity index (χ2n) is 9.65. The van der Waals surface area contributed by atoms with E-state index in [-0.39, 0.29) is 23.7 Å². The zero-order valence-electron chi connectivity index (χ0n) is 20.1. The van der Waals surface area contributed by atoms with Crippen molar-refractivity contribution in [2.24, 2.45) is 11.1 Å². The highest BCUT2D eigenvalue weighted by Gasteiger charge is 2.35. The maximum atomic E-state index is 9.92. The van der Waals surface area contributed by atoms with Crippen LogP contribution in [0.4, 0.5) is 0 Å². The molecule has 0 spiro atoms. The molecule has 0 atom stereocenters. The van der Waals surface area contributed by atoms with E-state index in [1.54, 1.807) is 0 Å². The minimum atomic E-state index is -0.0850. The lowest BCUT2D eigenvalue weighted by atomic mass is 9.67. The Hall–Kier alpha value is -2.31. The highest BCUT2D eigenvalue weighted by molar-refractivity contribution is 5.95. The second-order valence-corrected chi connectivity index (χ2v) is 9.65. The van der Waals surface area contributed by atoms with Gasteiger partial charge in [0.1, 0.15) is 5.84 Å². The summed E-state index contributed by atoms with van der Waals surface area (Å²) in [5.74, 6) is 0.671. The number of rotatable bonds is 11. The van der Waals surface area contributed by atoms with Crippen molar-refractivity contribution in [3.63, 3.8) is 0 Å². The van der Waals surface area contributed by atoms with Crippen LogP contribution in [0.25, 0.3) is 11.1 Å². The number of benzene rings is 2. The first-order valence-electron chi connectivity index (χ1n) is 12.5. The minimum absolute atomic E-state index is 0. The van der Waals surface area contributed by atoms with E-state index in [2.05, 4.69) is 37.3 Å². The lowest BCUT2D eigenvalue weighted by Gasteiger charge is -2.35. The number of unbranched alkanes of at least 4 members (excludes halogenated alkanes) is 6. The Morgan fingerprint density at radius 2 is 1.42 bits per heavy atom. The molecular formula is C29H40ClN3. The number of halogens is 1. The number of hydrogen-bond donors (Lipinski definition) is 2. The molecule has 1 aliphatic carbocycles. The van der Waals surface area contributed by atoms with Gasteiger partial charge in [-0.2, -0.15) is 5.26 Å². The van der Waals surface area contributed by atoms with E-state index in [1.807, 2.05) is 24.3 Å². The molecule has 0 aliphatic heterocycles. The van der Waals surface area contributed by atoms with Gasteiger partial charge >= 0.3 is 0 Å². The van der Waals surface area contributed by atoms with Crippen molar-refractivity contribution in [3.05, 3.63) is 59.7 Å². The molecule has 3 nitrogen and oxygen atoms in total. The Balaban J connectivity index is 0.00000385. The van der Waals surface area contributed by atoms with Crippen molar-refractivity contribution in [2.75, 3.05) is 0 Å². The zero-order valence-corrected chi connectivity index (χ0v) is 20.9. The smallest absolute Gasteiger partial charge is 0.122 e. The van der Waals surface area contributed by atoms with Gasteiger partial charge in [0.05, 0.1) is 11.5 Å². The van der Waals surface area contributed by atoms with Crippen LogP contribution in [0.1, 0.15) is 101 Å². The minimum Gasteiger partial charge on any atom is -0.384 e. The Morgan fingerprint density at radius 3 is 1.94 bits per heavy atom. The topological polar surface area (TPSA) is 73.7 Å². The molecule has 0 radical (unpaired) electrons. The Kier molecular flexibility index (Phi) is 10.9. The Morgan fingerprint density at radius 1 is 0.909 bits per heavy atom. The van der Waals surface area contributed by atoms with Crippen LogP contribution in [-0.2, 0) is 0 Å². The molecule has 3 N–H and O–H groups in total. The lowest BCUT2D eigenvalue weighted by molar-refractivity contribution is 0.223. The summed E-state index contributed by atoms with van der Waals surface area (Å²) in [6, 6.07) is 19.5. The molecule has 1 saturated carbocycles. The van der Waals surface area contributed by atoms with Crippen molar-refractivity contribution >= 4 is 18.2 Å². The summed E-state index contributed by atoms with van der Waals surface area (Å²) in [6.07, 6.45) is 14.6. The largest absolute Gasteiger partial charge is 0.384 e. The van der Waals surface area contributed by atoms with Gasteiger partial charge < -0.3 is 5.73 Å². The quantitative estimate of drug-likeness (QED) is 0.198. The fourth-order valence-corrected chi connectivity index (χ4v) is 5.13. The predicted octanol–water partition coefficient (Wildman–Crippen LogP) is 8.37. The second kappa shape index (κ2) is 13.4. The molecule has 3 rings (SSSR count). The normalized spacial score (nSPS) is 19.9. The molecule has 178 valence electrons. The number of nitriles is 1. The SMILES string of the molecule is CCCCCCCCCC1(C#N)CCC(c2ccc(-c3ccc(C(=N)N)cc3)cc2)CC1.Cl. The average Bonchev–Trinajstić information content (AvgIpc) is 2.84. The van der Waals surface area contributed by atoms with Crippen molar-refractivity contribution in [1.29, 1.82) is 10.7 Å². The third kappa shape index (κ3) is 7.61. The third-order valence-corrected chi connectivity index (χ3v) is 7.35. The molecule has 4 heteroatoms. The molecule has 0 aromatic heterocycles. The Labute approximate surface area is 206 Å². The summed E-state index contributed by atoms with van der Waals surface area (Å²) in [5, 5.41) is 17.4. The van der Waals surface area contributed by atoms with Gasteiger partial charge in [0.15, 0.2) is 0 Å². The van der Waals surface area contributed by atoms with Gasteiger partial charge in [-0.05, 0) is 54.7 Å². The number of nitrogen functional groups attached to an aromatic ring is 1. The van der Waals surface area contributed by atoms with Gasteiger partial charge in [-0.15, -0.1) is 12.4 Å². The summed E-state index contributed by atoms with van der Waals surface area (Å²) in [7, 11) is 0. The first-order valence-corrected chi connectivity index (χ1v) is 12.5. The standard InChI is InChI=1S/C29H39N3.ClH/c1-2-3-4-5-6-7-8-19-29(22-30)20-17-26(18-21-29)25-11-9-23(10-12-25)24-13-15-27(16-14-24)28(31)32;/h9-16,26H,2-8,17-21H2,1H3,(H3,31,32);1H. The van der Waals surface area contributed by atoms with Crippen molar-refractivity contribution in [1.82, 2.24) is 0 Å². The summed E-state index contributed by atoms with van der Waals surface area (Å²) in [6.45, 7) is 2.26. The molecule has 0 bridgehead atoms. The molecule has 2 aromatic rings. The highest BCUT2D eigenvalue weighted by Crippen LogP contribution is 2.45. The molecule has 1 fully saturated rings. The maximum Gasteiger partial charge on any atom is 0.122 e. The summed E-state index contributed by atoms with van der Waals surface area (Å²) in [4.78, 5) is 0. The Bertz CT molecular complexity index is 888. The monoisotopic (exact) mass is 465 g/mol. The van der Waals surface area contributed by atoms with Crippen LogP contribution in [0.2, 0.25) is 0 Å². The molecular weight excluding hydrogens is 426 g/mol. The first kappa shape index (κ1) is 26.9. The average molecular weight is 466 g/mol. The van der Waals surface area contributed by atoms with Crippen LogP contribution in [0.5, 0.6) is 0 Å².